The number of carbonyl (C=O) groups excluding carboxylic acids is 1. The molecule has 6 nitrogen and oxygen atoms in total. The summed E-state index contributed by atoms with van der Waals surface area (Å²) in [5.41, 5.74) is 0.527. The lowest BCUT2D eigenvalue weighted by molar-refractivity contribution is -0.126. The minimum absolute atomic E-state index is 0.0279. The molecule has 0 atom stereocenters. The van der Waals surface area contributed by atoms with Gasteiger partial charge in [0.15, 0.2) is 0 Å². The highest BCUT2D eigenvalue weighted by molar-refractivity contribution is 7.89. The summed E-state index contributed by atoms with van der Waals surface area (Å²) < 4.78 is 32.3. The lowest BCUT2D eigenvalue weighted by Crippen LogP contribution is -2.45. The number of amides is 1. The molecule has 1 aliphatic rings. The Bertz CT molecular complexity index is 890. The van der Waals surface area contributed by atoms with Gasteiger partial charge in [-0.25, -0.2) is 13.1 Å². The Kier molecular flexibility index (Phi) is 6.36. The maximum Gasteiger partial charge on any atom is 0.240 e. The second kappa shape index (κ2) is 8.75. The van der Waals surface area contributed by atoms with E-state index in [4.69, 9.17) is 4.74 Å². The molecule has 7 heteroatoms. The van der Waals surface area contributed by atoms with Crippen molar-refractivity contribution < 1.29 is 17.9 Å². The van der Waals surface area contributed by atoms with Gasteiger partial charge in [-0.05, 0) is 42.7 Å². The van der Waals surface area contributed by atoms with E-state index in [1.54, 1.807) is 12.1 Å². The fourth-order valence-electron chi connectivity index (χ4n) is 3.75. The molecule has 0 spiro atoms. The Morgan fingerprint density at radius 1 is 1.00 bits per heavy atom. The van der Waals surface area contributed by atoms with Gasteiger partial charge < -0.3 is 10.1 Å². The normalized spacial score (nSPS) is 15.9. The number of nitrogens with one attached hydrogen (secondary N) is 2. The van der Waals surface area contributed by atoms with Crippen LogP contribution in [-0.2, 0) is 20.2 Å². The van der Waals surface area contributed by atoms with Gasteiger partial charge >= 0.3 is 0 Å². The second-order valence-corrected chi connectivity index (χ2v) is 8.75. The summed E-state index contributed by atoms with van der Waals surface area (Å²) in [6, 6.07) is 16.0. The van der Waals surface area contributed by atoms with Crippen LogP contribution in [0.3, 0.4) is 0 Å². The van der Waals surface area contributed by atoms with Crippen molar-refractivity contribution in [2.45, 2.75) is 36.0 Å². The van der Waals surface area contributed by atoms with E-state index in [1.165, 1.54) is 19.2 Å². The third-order valence-corrected chi connectivity index (χ3v) is 6.77. The number of rotatable bonds is 8. The van der Waals surface area contributed by atoms with Crippen LogP contribution >= 0.6 is 0 Å². The first-order chi connectivity index (χ1) is 13.5. The average molecular weight is 403 g/mol. The molecule has 2 aromatic carbocycles. The van der Waals surface area contributed by atoms with Crippen LogP contribution in [-0.4, -0.2) is 34.5 Å². The van der Waals surface area contributed by atoms with Crippen LogP contribution in [0.1, 0.15) is 31.2 Å². The largest absolute Gasteiger partial charge is 0.497 e. The van der Waals surface area contributed by atoms with E-state index in [2.05, 4.69) is 10.0 Å². The summed E-state index contributed by atoms with van der Waals surface area (Å²) in [5.74, 6) is 0.564. The fourth-order valence-corrected chi connectivity index (χ4v) is 4.78. The number of sulfonamides is 1. The van der Waals surface area contributed by atoms with Crippen molar-refractivity contribution in [1.82, 2.24) is 10.0 Å². The lowest BCUT2D eigenvalue weighted by Gasteiger charge is -2.28. The number of benzene rings is 2. The first-order valence-electron chi connectivity index (χ1n) is 9.45. The summed E-state index contributed by atoms with van der Waals surface area (Å²) >= 11 is 0. The van der Waals surface area contributed by atoms with Crippen molar-refractivity contribution in [2.75, 3.05) is 20.2 Å². The van der Waals surface area contributed by atoms with Crippen LogP contribution in [0.4, 0.5) is 0 Å². The maximum absolute atomic E-state index is 12.9. The Labute approximate surface area is 166 Å². The molecule has 0 radical (unpaired) electrons. The standard InChI is InChI=1S/C21H26N2O4S/c1-27-18-9-11-19(12-10-18)28(25,26)23-16-15-22-20(24)21(13-5-6-14-21)17-7-3-2-4-8-17/h2-4,7-12,23H,5-6,13-16H2,1H3,(H,22,24). The third kappa shape index (κ3) is 4.36. The highest BCUT2D eigenvalue weighted by Gasteiger charge is 2.42. The van der Waals surface area contributed by atoms with Gasteiger partial charge in [-0.1, -0.05) is 43.2 Å². The van der Waals surface area contributed by atoms with Crippen LogP contribution < -0.4 is 14.8 Å². The highest BCUT2D eigenvalue weighted by Crippen LogP contribution is 2.41. The zero-order valence-corrected chi connectivity index (χ0v) is 16.8. The molecule has 3 rings (SSSR count). The Morgan fingerprint density at radius 2 is 1.64 bits per heavy atom. The molecule has 0 saturated heterocycles. The predicted molar refractivity (Wildman–Crippen MR) is 108 cm³/mol. The van der Waals surface area contributed by atoms with Crippen molar-refractivity contribution in [1.29, 1.82) is 0 Å². The third-order valence-electron chi connectivity index (χ3n) is 5.29. The highest BCUT2D eigenvalue weighted by atomic mass is 32.2. The summed E-state index contributed by atoms with van der Waals surface area (Å²) in [5, 5.41) is 2.92. The molecule has 0 heterocycles. The Hall–Kier alpha value is -2.38. The molecule has 150 valence electrons. The van der Waals surface area contributed by atoms with Gasteiger partial charge in [0.25, 0.3) is 0 Å². The minimum atomic E-state index is -3.63. The van der Waals surface area contributed by atoms with E-state index in [9.17, 15) is 13.2 Å². The molecule has 1 amide bonds. The lowest BCUT2D eigenvalue weighted by atomic mass is 9.78. The topological polar surface area (TPSA) is 84.5 Å². The SMILES string of the molecule is COc1ccc(S(=O)(=O)NCCNC(=O)C2(c3ccccc3)CCCC2)cc1. The molecule has 0 aliphatic heterocycles. The van der Waals surface area contributed by atoms with Gasteiger partial charge in [0.05, 0.1) is 17.4 Å². The van der Waals surface area contributed by atoms with E-state index in [0.29, 0.717) is 5.75 Å². The molecule has 0 aromatic heterocycles. The summed E-state index contributed by atoms with van der Waals surface area (Å²) in [7, 11) is -2.10. The quantitative estimate of drug-likeness (QED) is 0.665. The summed E-state index contributed by atoms with van der Waals surface area (Å²) in [6.07, 6.45) is 3.68. The van der Waals surface area contributed by atoms with E-state index in [-0.39, 0.29) is 23.9 Å². The molecule has 2 aromatic rings. The number of carbonyl (C=O) groups is 1. The zero-order chi connectivity index (χ0) is 20.0. The van der Waals surface area contributed by atoms with E-state index in [0.717, 1.165) is 31.2 Å². The number of hydrogen-bond acceptors (Lipinski definition) is 4. The number of hydrogen-bond donors (Lipinski definition) is 2. The van der Waals surface area contributed by atoms with E-state index in [1.807, 2.05) is 30.3 Å². The molecule has 28 heavy (non-hydrogen) atoms. The molecular formula is C21H26N2O4S. The van der Waals surface area contributed by atoms with Crippen LogP contribution in [0.5, 0.6) is 5.75 Å². The van der Waals surface area contributed by atoms with Crippen molar-refractivity contribution in [3.63, 3.8) is 0 Å². The van der Waals surface area contributed by atoms with Crippen LogP contribution in [0.2, 0.25) is 0 Å². The van der Waals surface area contributed by atoms with Gasteiger partial charge in [0.2, 0.25) is 15.9 Å². The predicted octanol–water partition coefficient (Wildman–Crippen LogP) is 2.60. The first-order valence-corrected chi connectivity index (χ1v) is 10.9. The summed E-state index contributed by atoms with van der Waals surface area (Å²) in [4.78, 5) is 13.1. The Balaban J connectivity index is 1.57. The van der Waals surface area contributed by atoms with Gasteiger partial charge in [0.1, 0.15) is 5.75 Å². The second-order valence-electron chi connectivity index (χ2n) is 6.98. The molecule has 1 aliphatic carbocycles. The number of ether oxygens (including phenoxy) is 1. The molecular weight excluding hydrogens is 376 g/mol. The maximum atomic E-state index is 12.9. The van der Waals surface area contributed by atoms with Gasteiger partial charge in [0, 0.05) is 13.1 Å². The van der Waals surface area contributed by atoms with Crippen molar-refractivity contribution >= 4 is 15.9 Å². The van der Waals surface area contributed by atoms with Crippen LogP contribution in [0.15, 0.2) is 59.5 Å². The zero-order valence-electron chi connectivity index (χ0n) is 16.0. The average Bonchev–Trinajstić information content (AvgIpc) is 3.23. The van der Waals surface area contributed by atoms with Crippen molar-refractivity contribution in [2.24, 2.45) is 0 Å². The van der Waals surface area contributed by atoms with Gasteiger partial charge in [-0.15, -0.1) is 0 Å². The molecule has 1 fully saturated rings. The van der Waals surface area contributed by atoms with Gasteiger partial charge in [-0.3, -0.25) is 4.79 Å². The summed E-state index contributed by atoms with van der Waals surface area (Å²) in [6.45, 7) is 0.369. The van der Waals surface area contributed by atoms with E-state index >= 15 is 0 Å². The van der Waals surface area contributed by atoms with Crippen molar-refractivity contribution in [3.05, 3.63) is 60.2 Å². The minimum Gasteiger partial charge on any atom is -0.497 e. The Morgan fingerprint density at radius 3 is 2.25 bits per heavy atom. The van der Waals surface area contributed by atoms with Crippen LogP contribution in [0, 0.1) is 0 Å². The van der Waals surface area contributed by atoms with E-state index < -0.39 is 15.4 Å². The molecule has 0 unspecified atom stereocenters. The van der Waals surface area contributed by atoms with Crippen molar-refractivity contribution in [3.8, 4) is 5.75 Å². The van der Waals surface area contributed by atoms with Gasteiger partial charge in [-0.2, -0.15) is 0 Å². The first kappa shape index (κ1) is 20.4. The molecule has 1 saturated carbocycles. The fraction of sp³-hybridized carbons (Fsp3) is 0.381. The monoisotopic (exact) mass is 402 g/mol. The molecule has 0 bridgehead atoms. The van der Waals surface area contributed by atoms with Crippen LogP contribution in [0.25, 0.3) is 0 Å². The smallest absolute Gasteiger partial charge is 0.240 e. The number of methoxy groups -OCH3 is 1. The molecule has 2 N–H and O–H groups in total.